The third kappa shape index (κ3) is 2.90. The Bertz CT molecular complexity index is 630. The van der Waals surface area contributed by atoms with Crippen LogP contribution < -0.4 is 10.6 Å². The van der Waals surface area contributed by atoms with Gasteiger partial charge in [-0.1, -0.05) is 0 Å². The average molecular weight is 280 g/mol. The summed E-state index contributed by atoms with van der Waals surface area (Å²) < 4.78 is 0. The Morgan fingerprint density at radius 2 is 2.10 bits per heavy atom. The number of anilines is 1. The first-order chi connectivity index (χ1) is 10.4. The maximum atomic E-state index is 4.51. The summed E-state index contributed by atoms with van der Waals surface area (Å²) in [4.78, 5) is 8.88. The van der Waals surface area contributed by atoms with Gasteiger partial charge in [-0.15, -0.1) is 0 Å². The molecule has 3 heterocycles. The number of pyridine rings is 2. The maximum absolute atomic E-state index is 4.51. The van der Waals surface area contributed by atoms with Crippen LogP contribution in [0.2, 0.25) is 0 Å². The molecule has 108 valence electrons. The minimum Gasteiger partial charge on any atom is -0.380 e. The Kier molecular flexibility index (Phi) is 3.31. The second-order valence-electron chi connectivity index (χ2n) is 6.05. The highest BCUT2D eigenvalue weighted by molar-refractivity contribution is 5.64. The number of rotatable bonds is 4. The van der Waals surface area contributed by atoms with Crippen molar-refractivity contribution in [1.29, 1.82) is 0 Å². The van der Waals surface area contributed by atoms with Gasteiger partial charge in [0.15, 0.2) is 0 Å². The van der Waals surface area contributed by atoms with Crippen LogP contribution in [-0.2, 0) is 0 Å². The zero-order valence-electron chi connectivity index (χ0n) is 12.0. The Labute approximate surface area is 125 Å². The Hall–Kier alpha value is -1.94. The van der Waals surface area contributed by atoms with Gasteiger partial charge >= 0.3 is 0 Å². The summed E-state index contributed by atoms with van der Waals surface area (Å²) in [6.07, 6.45) is 9.52. The molecule has 2 fully saturated rings. The van der Waals surface area contributed by atoms with E-state index in [2.05, 4.69) is 38.8 Å². The predicted octanol–water partition coefficient (Wildman–Crippen LogP) is 2.79. The molecular formula is C17H20N4. The molecule has 1 aliphatic heterocycles. The molecule has 2 aromatic heterocycles. The summed E-state index contributed by atoms with van der Waals surface area (Å²) in [5, 5.41) is 6.92. The molecule has 4 heteroatoms. The van der Waals surface area contributed by atoms with Crippen LogP contribution in [0.3, 0.4) is 0 Å². The molecule has 2 aromatic rings. The van der Waals surface area contributed by atoms with Gasteiger partial charge in [0.05, 0.1) is 11.4 Å². The zero-order valence-corrected chi connectivity index (χ0v) is 12.0. The highest BCUT2D eigenvalue weighted by atomic mass is 15.0. The monoisotopic (exact) mass is 280 g/mol. The lowest BCUT2D eigenvalue weighted by molar-refractivity contribution is 0.792. The molecule has 2 N–H and O–H groups in total. The molecule has 0 bridgehead atoms. The molecule has 0 unspecified atom stereocenters. The van der Waals surface area contributed by atoms with Crippen LogP contribution in [0, 0.1) is 0 Å². The van der Waals surface area contributed by atoms with E-state index in [4.69, 9.17) is 0 Å². The number of nitrogens with one attached hydrogen (secondary N) is 2. The van der Waals surface area contributed by atoms with Crippen molar-refractivity contribution in [3.05, 3.63) is 42.4 Å². The topological polar surface area (TPSA) is 49.8 Å². The lowest BCUT2D eigenvalue weighted by Gasteiger charge is -2.13. The van der Waals surface area contributed by atoms with Crippen LogP contribution in [0.5, 0.6) is 0 Å². The van der Waals surface area contributed by atoms with Crippen molar-refractivity contribution in [2.75, 3.05) is 18.4 Å². The number of hydrogen-bond acceptors (Lipinski definition) is 4. The molecule has 0 aromatic carbocycles. The van der Waals surface area contributed by atoms with Crippen LogP contribution >= 0.6 is 0 Å². The van der Waals surface area contributed by atoms with Crippen LogP contribution in [0.15, 0.2) is 36.8 Å². The van der Waals surface area contributed by atoms with E-state index in [1.165, 1.54) is 24.8 Å². The zero-order chi connectivity index (χ0) is 14.1. The van der Waals surface area contributed by atoms with Crippen molar-refractivity contribution in [2.45, 2.75) is 31.2 Å². The maximum Gasteiger partial charge on any atom is 0.0721 e. The summed E-state index contributed by atoms with van der Waals surface area (Å²) in [6, 6.07) is 7.02. The molecule has 0 spiro atoms. The predicted molar refractivity (Wildman–Crippen MR) is 84.3 cm³/mol. The quantitative estimate of drug-likeness (QED) is 0.904. The van der Waals surface area contributed by atoms with Gasteiger partial charge in [0.2, 0.25) is 0 Å². The third-order valence-electron chi connectivity index (χ3n) is 4.30. The number of aromatic nitrogens is 2. The molecule has 2 aliphatic rings. The van der Waals surface area contributed by atoms with E-state index in [0.29, 0.717) is 6.04 Å². The first-order valence-electron chi connectivity index (χ1n) is 7.77. The molecule has 1 atom stereocenters. The van der Waals surface area contributed by atoms with E-state index >= 15 is 0 Å². The second-order valence-corrected chi connectivity index (χ2v) is 6.05. The van der Waals surface area contributed by atoms with Gasteiger partial charge in [-0.2, -0.15) is 0 Å². The van der Waals surface area contributed by atoms with Gasteiger partial charge in [-0.05, 0) is 55.5 Å². The first-order valence-corrected chi connectivity index (χ1v) is 7.77. The van der Waals surface area contributed by atoms with Crippen molar-refractivity contribution in [3.63, 3.8) is 0 Å². The molecule has 1 aliphatic carbocycles. The molecular weight excluding hydrogens is 260 g/mol. The van der Waals surface area contributed by atoms with Crippen LogP contribution in [0.1, 0.15) is 30.7 Å². The van der Waals surface area contributed by atoms with Crippen LogP contribution in [-0.4, -0.2) is 29.1 Å². The van der Waals surface area contributed by atoms with E-state index in [1.54, 1.807) is 0 Å². The normalized spacial score (nSPS) is 21.4. The Morgan fingerprint density at radius 1 is 1.14 bits per heavy atom. The third-order valence-corrected chi connectivity index (χ3v) is 4.30. The van der Waals surface area contributed by atoms with Gasteiger partial charge in [0, 0.05) is 36.7 Å². The van der Waals surface area contributed by atoms with Crippen LogP contribution in [0.4, 0.5) is 5.69 Å². The molecule has 1 saturated carbocycles. The summed E-state index contributed by atoms with van der Waals surface area (Å²) in [6.45, 7) is 2.12. The molecule has 4 nitrogen and oxygen atoms in total. The summed E-state index contributed by atoms with van der Waals surface area (Å²) in [5.74, 6) is 0.755. The van der Waals surface area contributed by atoms with E-state index in [9.17, 15) is 0 Å². The first kappa shape index (κ1) is 12.8. The molecule has 0 amide bonds. The molecule has 4 rings (SSSR count). The van der Waals surface area contributed by atoms with E-state index < -0.39 is 0 Å². The summed E-state index contributed by atoms with van der Waals surface area (Å²) in [7, 11) is 0. The smallest absolute Gasteiger partial charge is 0.0721 e. The van der Waals surface area contributed by atoms with Gasteiger partial charge in [0.25, 0.3) is 0 Å². The standard InChI is InChI=1S/C17H20N4/c1-2-12(1)13-3-6-20-17(8-13)14-7-16(11-19-9-14)21-15-4-5-18-10-15/h3,6-9,11-12,15,18,21H,1-2,4-5,10H2/t15-/m0/s1. The second kappa shape index (κ2) is 5.45. The minimum absolute atomic E-state index is 0.507. The van der Waals surface area contributed by atoms with Gasteiger partial charge in [-0.3, -0.25) is 9.97 Å². The molecule has 0 radical (unpaired) electrons. The Balaban J connectivity index is 1.57. The highest BCUT2D eigenvalue weighted by Crippen LogP contribution is 2.40. The van der Waals surface area contributed by atoms with E-state index in [1.807, 2.05) is 18.6 Å². The van der Waals surface area contributed by atoms with Crippen molar-refractivity contribution < 1.29 is 0 Å². The number of nitrogens with zero attached hydrogens (tertiary/aromatic N) is 2. The van der Waals surface area contributed by atoms with Gasteiger partial charge in [0.1, 0.15) is 0 Å². The van der Waals surface area contributed by atoms with Gasteiger partial charge in [-0.25, -0.2) is 0 Å². The molecule has 1 saturated heterocycles. The lowest BCUT2D eigenvalue weighted by atomic mass is 10.1. The largest absolute Gasteiger partial charge is 0.380 e. The Morgan fingerprint density at radius 3 is 2.90 bits per heavy atom. The SMILES string of the molecule is c1cc(C2CC2)cc(-c2cncc(N[C@H]3CCNC3)c2)n1. The van der Waals surface area contributed by atoms with E-state index in [-0.39, 0.29) is 0 Å². The van der Waals surface area contributed by atoms with Crippen molar-refractivity contribution in [1.82, 2.24) is 15.3 Å². The fourth-order valence-electron chi connectivity index (χ4n) is 2.95. The van der Waals surface area contributed by atoms with Crippen molar-refractivity contribution in [3.8, 4) is 11.3 Å². The van der Waals surface area contributed by atoms with Crippen molar-refractivity contribution >= 4 is 5.69 Å². The van der Waals surface area contributed by atoms with Crippen molar-refractivity contribution in [2.24, 2.45) is 0 Å². The summed E-state index contributed by atoms with van der Waals surface area (Å²) >= 11 is 0. The highest BCUT2D eigenvalue weighted by Gasteiger charge is 2.23. The molecule has 21 heavy (non-hydrogen) atoms. The fourth-order valence-corrected chi connectivity index (χ4v) is 2.95. The number of hydrogen-bond donors (Lipinski definition) is 2. The minimum atomic E-state index is 0.507. The van der Waals surface area contributed by atoms with Crippen LogP contribution in [0.25, 0.3) is 11.3 Å². The van der Waals surface area contributed by atoms with E-state index in [0.717, 1.165) is 36.0 Å². The average Bonchev–Trinajstić information content (AvgIpc) is 3.26. The lowest BCUT2D eigenvalue weighted by Crippen LogP contribution is -2.22. The fraction of sp³-hybridized carbons (Fsp3) is 0.412. The van der Waals surface area contributed by atoms with Gasteiger partial charge < -0.3 is 10.6 Å². The summed E-state index contributed by atoms with van der Waals surface area (Å²) in [5.41, 5.74) is 4.62.